The van der Waals surface area contributed by atoms with E-state index < -0.39 is 99.3 Å². The average molecular weight is 923 g/mol. The number of esters is 2. The first kappa shape index (κ1) is 58.1. The molecule has 4 unspecified atom stereocenters. The Labute approximate surface area is 387 Å². The number of unbranched alkanes of at least 4 members (excludes halogenated alkanes) is 9. The highest BCUT2D eigenvalue weighted by Gasteiger charge is 2.47. The van der Waals surface area contributed by atoms with Crippen LogP contribution in [0.1, 0.15) is 136 Å². The SMILES string of the molecule is CC/C=C/C/C=C/C/C=C/C/C=C/CCCCC(=O)O[C@H](COC(=O)CCCCCCC/C=C/C/C=C/CCCC)CO[C@@H]1O[C@H](CO[C@@H]2O[C@H](CO)[C@H](O)C(O)C2O)[C@H](O)C(O)C1O. The Morgan fingerprint density at radius 1 is 0.508 bits per heavy atom. The summed E-state index contributed by atoms with van der Waals surface area (Å²) >= 11 is 0. The molecule has 2 fully saturated rings. The summed E-state index contributed by atoms with van der Waals surface area (Å²) in [7, 11) is 0. The third-order valence-electron chi connectivity index (χ3n) is 10.9. The summed E-state index contributed by atoms with van der Waals surface area (Å²) in [6.07, 6.45) is 25.1. The summed E-state index contributed by atoms with van der Waals surface area (Å²) in [5.41, 5.74) is 0. The number of aliphatic hydroxyl groups is 7. The molecule has 0 aromatic heterocycles. The summed E-state index contributed by atoms with van der Waals surface area (Å²) in [4.78, 5) is 25.7. The van der Waals surface area contributed by atoms with Crippen LogP contribution in [0.15, 0.2) is 72.9 Å². The zero-order chi connectivity index (χ0) is 47.5. The molecule has 0 aromatic carbocycles. The number of hydrogen-bond donors (Lipinski definition) is 7. The smallest absolute Gasteiger partial charge is 0.306 e. The van der Waals surface area contributed by atoms with Gasteiger partial charge in [-0.1, -0.05) is 119 Å². The first-order valence-electron chi connectivity index (χ1n) is 24.0. The fourth-order valence-electron chi connectivity index (χ4n) is 6.93. The van der Waals surface area contributed by atoms with Crippen LogP contribution < -0.4 is 0 Å². The van der Waals surface area contributed by atoms with Crippen molar-refractivity contribution in [3.63, 3.8) is 0 Å². The molecular formula is C50H82O15. The Bertz CT molecular complexity index is 1410. The molecule has 15 heteroatoms. The predicted molar refractivity (Wildman–Crippen MR) is 247 cm³/mol. The van der Waals surface area contributed by atoms with Gasteiger partial charge in [0.15, 0.2) is 18.7 Å². The lowest BCUT2D eigenvalue weighted by Gasteiger charge is -2.42. The minimum atomic E-state index is -1.78. The molecule has 11 atom stereocenters. The number of rotatable bonds is 35. The van der Waals surface area contributed by atoms with E-state index in [1.165, 1.54) is 12.8 Å². The monoisotopic (exact) mass is 923 g/mol. The Kier molecular flexibility index (Phi) is 33.0. The van der Waals surface area contributed by atoms with Crippen LogP contribution in [0.25, 0.3) is 0 Å². The zero-order valence-electron chi connectivity index (χ0n) is 38.9. The highest BCUT2D eigenvalue weighted by molar-refractivity contribution is 5.70. The molecule has 372 valence electrons. The fraction of sp³-hybridized carbons (Fsp3) is 0.720. The van der Waals surface area contributed by atoms with Gasteiger partial charge in [-0.05, 0) is 77.0 Å². The fourth-order valence-corrected chi connectivity index (χ4v) is 6.93. The van der Waals surface area contributed by atoms with Crippen LogP contribution in [-0.2, 0) is 38.0 Å². The van der Waals surface area contributed by atoms with Crippen LogP contribution in [0.4, 0.5) is 0 Å². The van der Waals surface area contributed by atoms with Crippen LogP contribution in [0, 0.1) is 0 Å². The van der Waals surface area contributed by atoms with Gasteiger partial charge in [-0.2, -0.15) is 0 Å². The van der Waals surface area contributed by atoms with Crippen molar-refractivity contribution >= 4 is 11.9 Å². The first-order chi connectivity index (χ1) is 31.5. The minimum Gasteiger partial charge on any atom is -0.462 e. The lowest BCUT2D eigenvalue weighted by molar-refractivity contribution is -0.332. The Morgan fingerprint density at radius 2 is 0.969 bits per heavy atom. The predicted octanol–water partition coefficient (Wildman–Crippen LogP) is 5.87. The molecule has 2 aliphatic heterocycles. The molecule has 0 aliphatic carbocycles. The maximum absolute atomic E-state index is 13.0. The Hall–Kier alpha value is -3.06. The van der Waals surface area contributed by atoms with Gasteiger partial charge in [0, 0.05) is 12.8 Å². The van der Waals surface area contributed by atoms with Gasteiger partial charge >= 0.3 is 11.9 Å². The second kappa shape index (κ2) is 37.0. The molecular weight excluding hydrogens is 841 g/mol. The van der Waals surface area contributed by atoms with Crippen LogP contribution in [-0.4, -0.2) is 142 Å². The van der Waals surface area contributed by atoms with Gasteiger partial charge in [0.1, 0.15) is 55.4 Å². The van der Waals surface area contributed by atoms with E-state index in [4.69, 9.17) is 28.4 Å². The second-order valence-corrected chi connectivity index (χ2v) is 16.5. The molecule has 2 heterocycles. The molecule has 0 spiro atoms. The molecule has 0 bridgehead atoms. The highest BCUT2D eigenvalue weighted by Crippen LogP contribution is 2.26. The summed E-state index contributed by atoms with van der Waals surface area (Å²) in [6, 6.07) is 0. The van der Waals surface area contributed by atoms with Gasteiger partial charge in [0.2, 0.25) is 0 Å². The molecule has 0 saturated carbocycles. The third kappa shape index (κ3) is 25.6. The van der Waals surface area contributed by atoms with Crippen LogP contribution in [0.5, 0.6) is 0 Å². The summed E-state index contributed by atoms with van der Waals surface area (Å²) < 4.78 is 33.4. The van der Waals surface area contributed by atoms with Crippen LogP contribution in [0.3, 0.4) is 0 Å². The van der Waals surface area contributed by atoms with E-state index in [0.717, 1.165) is 83.5 Å². The molecule has 2 aliphatic rings. The van der Waals surface area contributed by atoms with E-state index in [1.807, 2.05) is 0 Å². The Balaban J connectivity index is 1.87. The van der Waals surface area contributed by atoms with Crippen molar-refractivity contribution in [3.05, 3.63) is 72.9 Å². The number of hydrogen-bond acceptors (Lipinski definition) is 15. The maximum Gasteiger partial charge on any atom is 0.306 e. The van der Waals surface area contributed by atoms with Gasteiger partial charge in [-0.15, -0.1) is 0 Å². The zero-order valence-corrected chi connectivity index (χ0v) is 38.9. The van der Waals surface area contributed by atoms with Crippen molar-refractivity contribution in [3.8, 4) is 0 Å². The molecule has 0 amide bonds. The highest BCUT2D eigenvalue weighted by atomic mass is 16.7. The largest absolute Gasteiger partial charge is 0.462 e. The van der Waals surface area contributed by atoms with Crippen molar-refractivity contribution in [2.45, 2.75) is 203 Å². The van der Waals surface area contributed by atoms with Gasteiger partial charge < -0.3 is 64.2 Å². The molecule has 0 radical (unpaired) electrons. The van der Waals surface area contributed by atoms with E-state index >= 15 is 0 Å². The lowest BCUT2D eigenvalue weighted by Crippen LogP contribution is -2.61. The number of allylic oxidation sites excluding steroid dienone is 12. The molecule has 7 N–H and O–H groups in total. The van der Waals surface area contributed by atoms with Crippen molar-refractivity contribution in [2.75, 3.05) is 26.4 Å². The van der Waals surface area contributed by atoms with E-state index in [2.05, 4.69) is 86.8 Å². The normalized spacial score (nSPS) is 27.0. The summed E-state index contributed by atoms with van der Waals surface area (Å²) in [5, 5.41) is 72.0. The van der Waals surface area contributed by atoms with Crippen molar-refractivity contribution in [2.24, 2.45) is 0 Å². The number of carbonyl (C=O) groups excluding carboxylic acids is 2. The van der Waals surface area contributed by atoms with Gasteiger partial charge in [-0.3, -0.25) is 9.59 Å². The molecule has 15 nitrogen and oxygen atoms in total. The third-order valence-corrected chi connectivity index (χ3v) is 10.9. The quantitative estimate of drug-likeness (QED) is 0.0224. The molecule has 2 saturated heterocycles. The summed E-state index contributed by atoms with van der Waals surface area (Å²) in [6.45, 7) is 2.34. The minimum absolute atomic E-state index is 0.106. The summed E-state index contributed by atoms with van der Waals surface area (Å²) in [5.74, 6) is -0.999. The number of carbonyl (C=O) groups is 2. The van der Waals surface area contributed by atoms with Crippen molar-refractivity contribution in [1.29, 1.82) is 0 Å². The van der Waals surface area contributed by atoms with Gasteiger partial charge in [0.05, 0.1) is 19.8 Å². The maximum atomic E-state index is 13.0. The van der Waals surface area contributed by atoms with E-state index in [-0.39, 0.29) is 19.4 Å². The standard InChI is InChI=1S/C50H82O15/c1-3-5-7-9-11-13-15-17-19-21-23-25-27-29-31-33-42(53)63-38(35-60-41(52)32-30-28-26-24-22-20-18-16-14-12-10-8-6-4-2)36-61-49-48(59)46(57)44(55)40(65-49)37-62-50-47(58)45(56)43(54)39(34-51)64-50/h5,7,10-13,16-19,23,25,38-40,43-51,54-59H,3-4,6,8-9,14-15,20-22,24,26-37H2,1-2H3/b7-5+,12-10+,13-11+,18-16+,19-17+,25-23+/t38-,39-,40-,43+,44+,45?,46?,47?,48?,49-,50-/m1/s1. The van der Waals surface area contributed by atoms with Gasteiger partial charge in [-0.25, -0.2) is 0 Å². The second-order valence-electron chi connectivity index (χ2n) is 16.5. The number of ether oxygens (including phenoxy) is 6. The van der Waals surface area contributed by atoms with E-state index in [1.54, 1.807) is 0 Å². The molecule has 2 rings (SSSR count). The van der Waals surface area contributed by atoms with Crippen LogP contribution >= 0.6 is 0 Å². The van der Waals surface area contributed by atoms with Crippen molar-refractivity contribution in [1.82, 2.24) is 0 Å². The van der Waals surface area contributed by atoms with Gasteiger partial charge in [0.25, 0.3) is 0 Å². The Morgan fingerprint density at radius 3 is 1.55 bits per heavy atom. The molecule has 0 aromatic rings. The van der Waals surface area contributed by atoms with E-state index in [9.17, 15) is 45.3 Å². The first-order valence-corrected chi connectivity index (χ1v) is 24.0. The molecule has 65 heavy (non-hydrogen) atoms. The average Bonchev–Trinajstić information content (AvgIpc) is 3.30. The van der Waals surface area contributed by atoms with E-state index in [0.29, 0.717) is 12.8 Å². The number of aliphatic hydroxyl groups excluding tert-OH is 7. The van der Waals surface area contributed by atoms with Crippen molar-refractivity contribution < 1.29 is 73.8 Å². The van der Waals surface area contributed by atoms with Crippen LogP contribution in [0.2, 0.25) is 0 Å². The lowest BCUT2D eigenvalue weighted by atomic mass is 9.98. The topological polar surface area (TPSA) is 231 Å².